The summed E-state index contributed by atoms with van der Waals surface area (Å²) in [6, 6.07) is 4.08. The fraction of sp³-hybridized carbons (Fsp3) is 0.333. The second kappa shape index (κ2) is 6.69. The Morgan fingerprint density at radius 1 is 1.42 bits per heavy atom. The number of carbonyl (C=O) groups excluding carboxylic acids is 1. The Labute approximate surface area is 108 Å². The number of halogens is 1. The van der Waals surface area contributed by atoms with Gasteiger partial charge in [0, 0.05) is 0 Å². The van der Waals surface area contributed by atoms with Gasteiger partial charge in [0.25, 0.3) is 5.91 Å². The van der Waals surface area contributed by atoms with Crippen LogP contribution in [0, 0.1) is 5.82 Å². The highest BCUT2D eigenvalue weighted by molar-refractivity contribution is 5.84. The minimum Gasteiger partial charge on any atom is -0.481 e. The normalized spacial score (nSPS) is 13.4. The average Bonchev–Trinajstić information content (AvgIpc) is 2.34. The number of hydrogen-bond acceptors (Lipinski definition) is 4. The molecular weight excluding hydrogens is 257 g/mol. The van der Waals surface area contributed by atoms with Crippen LogP contribution in [-0.2, 0) is 9.59 Å². The quantitative estimate of drug-likeness (QED) is 0.684. The van der Waals surface area contributed by atoms with Crippen LogP contribution in [0.5, 0.6) is 5.75 Å². The first-order valence-corrected chi connectivity index (χ1v) is 5.49. The maximum Gasteiger partial charge on any atom is 0.328 e. The van der Waals surface area contributed by atoms with Crippen LogP contribution in [0.15, 0.2) is 24.3 Å². The van der Waals surface area contributed by atoms with Crippen molar-refractivity contribution in [2.45, 2.75) is 19.1 Å². The molecule has 0 saturated heterocycles. The molecule has 0 heterocycles. The van der Waals surface area contributed by atoms with Crippen LogP contribution in [0.25, 0.3) is 0 Å². The first-order valence-electron chi connectivity index (χ1n) is 5.49. The lowest BCUT2D eigenvalue weighted by Gasteiger charge is -2.17. The molecule has 0 saturated carbocycles. The molecule has 0 aliphatic carbocycles. The van der Waals surface area contributed by atoms with E-state index in [-0.39, 0.29) is 5.75 Å². The van der Waals surface area contributed by atoms with Gasteiger partial charge in [0.2, 0.25) is 0 Å². The molecule has 0 aliphatic rings. The Bertz CT molecular complexity index is 463. The molecular formula is C12H14FNO5. The maximum atomic E-state index is 13.2. The molecule has 1 amide bonds. The number of carbonyl (C=O) groups is 2. The van der Waals surface area contributed by atoms with Gasteiger partial charge in [-0.3, -0.25) is 4.79 Å². The van der Waals surface area contributed by atoms with Gasteiger partial charge in [-0.1, -0.05) is 12.1 Å². The van der Waals surface area contributed by atoms with Gasteiger partial charge in [0.15, 0.2) is 24.2 Å². The number of carboxylic acids is 1. The molecule has 6 nitrogen and oxygen atoms in total. The highest BCUT2D eigenvalue weighted by Crippen LogP contribution is 2.14. The average molecular weight is 271 g/mol. The minimum atomic E-state index is -1.43. The van der Waals surface area contributed by atoms with E-state index in [0.29, 0.717) is 0 Å². The summed E-state index contributed by atoms with van der Waals surface area (Å²) in [6.45, 7) is 0.689. The van der Waals surface area contributed by atoms with E-state index in [1.54, 1.807) is 0 Å². The van der Waals surface area contributed by atoms with Crippen molar-refractivity contribution in [1.29, 1.82) is 0 Å². The predicted molar refractivity (Wildman–Crippen MR) is 63.1 cm³/mol. The van der Waals surface area contributed by atoms with Gasteiger partial charge >= 0.3 is 5.97 Å². The standard InChI is InChI=1S/C12H14FNO5/c1-7(15)11(12(17)18)14-10(16)6-19-9-5-3-2-4-8(9)13/h2-5,7,11,15H,6H2,1H3,(H,14,16)(H,17,18)/t7-,11+/m1/s1. The van der Waals surface area contributed by atoms with Gasteiger partial charge in [-0.05, 0) is 19.1 Å². The number of carboxylic acid groups (broad SMARTS) is 1. The number of amides is 1. The van der Waals surface area contributed by atoms with Gasteiger partial charge in [-0.15, -0.1) is 0 Å². The van der Waals surface area contributed by atoms with E-state index >= 15 is 0 Å². The summed E-state index contributed by atoms with van der Waals surface area (Å²) in [4.78, 5) is 22.1. The molecule has 3 N–H and O–H groups in total. The Balaban J connectivity index is 2.52. The highest BCUT2D eigenvalue weighted by atomic mass is 19.1. The molecule has 0 unspecified atom stereocenters. The highest BCUT2D eigenvalue weighted by Gasteiger charge is 2.25. The minimum absolute atomic E-state index is 0.110. The number of nitrogens with one attached hydrogen (secondary N) is 1. The van der Waals surface area contributed by atoms with E-state index in [0.717, 1.165) is 0 Å². The Kier molecular flexibility index (Phi) is 5.25. The predicted octanol–water partition coefficient (Wildman–Crippen LogP) is 0.155. The van der Waals surface area contributed by atoms with Gasteiger partial charge in [0.1, 0.15) is 0 Å². The summed E-state index contributed by atoms with van der Waals surface area (Å²) in [5.74, 6) is -2.87. The van der Waals surface area contributed by atoms with Crippen molar-refractivity contribution >= 4 is 11.9 Å². The van der Waals surface area contributed by atoms with Crippen LogP contribution < -0.4 is 10.1 Å². The monoisotopic (exact) mass is 271 g/mol. The zero-order valence-corrected chi connectivity index (χ0v) is 10.2. The first-order chi connectivity index (χ1) is 8.91. The number of hydrogen-bond donors (Lipinski definition) is 3. The van der Waals surface area contributed by atoms with Crippen molar-refractivity contribution < 1.29 is 28.9 Å². The first kappa shape index (κ1) is 14.9. The molecule has 19 heavy (non-hydrogen) atoms. The lowest BCUT2D eigenvalue weighted by Crippen LogP contribution is -2.49. The number of benzene rings is 1. The number of para-hydroxylation sites is 1. The van der Waals surface area contributed by atoms with E-state index in [1.807, 2.05) is 0 Å². The van der Waals surface area contributed by atoms with Crippen LogP contribution in [0.2, 0.25) is 0 Å². The topological polar surface area (TPSA) is 95.9 Å². The van der Waals surface area contributed by atoms with Crippen molar-refractivity contribution in [3.63, 3.8) is 0 Å². The molecule has 1 aromatic rings. The number of aliphatic carboxylic acids is 1. The summed E-state index contributed by atoms with van der Waals surface area (Å²) in [5, 5.41) is 20.0. The van der Waals surface area contributed by atoms with Crippen LogP contribution >= 0.6 is 0 Å². The third-order valence-corrected chi connectivity index (χ3v) is 2.26. The molecule has 1 rings (SSSR count). The molecule has 104 valence electrons. The van der Waals surface area contributed by atoms with Crippen LogP contribution in [0.3, 0.4) is 0 Å². The number of aliphatic hydroxyl groups is 1. The second-order valence-corrected chi connectivity index (χ2v) is 3.84. The van der Waals surface area contributed by atoms with E-state index < -0.39 is 36.4 Å². The summed E-state index contributed by atoms with van der Waals surface area (Å²) < 4.78 is 18.1. The Morgan fingerprint density at radius 3 is 2.58 bits per heavy atom. The lowest BCUT2D eigenvalue weighted by atomic mass is 10.2. The maximum absolute atomic E-state index is 13.2. The van der Waals surface area contributed by atoms with E-state index in [9.17, 15) is 14.0 Å². The van der Waals surface area contributed by atoms with Crippen molar-refractivity contribution in [3.8, 4) is 5.75 Å². The lowest BCUT2D eigenvalue weighted by molar-refractivity contribution is -0.145. The van der Waals surface area contributed by atoms with Crippen molar-refractivity contribution in [3.05, 3.63) is 30.1 Å². The van der Waals surface area contributed by atoms with Crippen molar-refractivity contribution in [2.75, 3.05) is 6.61 Å². The SMILES string of the molecule is C[C@@H](O)[C@H](NC(=O)COc1ccccc1F)C(=O)O. The van der Waals surface area contributed by atoms with Gasteiger partial charge in [-0.25, -0.2) is 9.18 Å². The molecule has 0 aromatic heterocycles. The van der Waals surface area contributed by atoms with Gasteiger partial charge < -0.3 is 20.3 Å². The zero-order chi connectivity index (χ0) is 14.4. The van der Waals surface area contributed by atoms with Gasteiger partial charge in [-0.2, -0.15) is 0 Å². The second-order valence-electron chi connectivity index (χ2n) is 3.84. The van der Waals surface area contributed by atoms with Gasteiger partial charge in [0.05, 0.1) is 6.10 Å². The van der Waals surface area contributed by atoms with E-state index in [2.05, 4.69) is 5.32 Å². The molecule has 2 atom stereocenters. The summed E-state index contributed by atoms with van der Waals surface area (Å²) in [5.41, 5.74) is 0. The third kappa shape index (κ3) is 4.55. The molecule has 0 aliphatic heterocycles. The number of aliphatic hydroxyl groups excluding tert-OH is 1. The number of ether oxygens (including phenoxy) is 1. The molecule has 0 fully saturated rings. The molecule has 0 bridgehead atoms. The summed E-state index contributed by atoms with van der Waals surface area (Å²) in [6.07, 6.45) is -1.25. The summed E-state index contributed by atoms with van der Waals surface area (Å²) in [7, 11) is 0. The molecule has 0 radical (unpaired) electrons. The Morgan fingerprint density at radius 2 is 2.05 bits per heavy atom. The summed E-state index contributed by atoms with van der Waals surface area (Å²) >= 11 is 0. The smallest absolute Gasteiger partial charge is 0.328 e. The van der Waals surface area contributed by atoms with Crippen LogP contribution in [-0.4, -0.2) is 40.8 Å². The fourth-order valence-electron chi connectivity index (χ4n) is 1.31. The molecule has 7 heteroatoms. The third-order valence-electron chi connectivity index (χ3n) is 2.26. The Hall–Kier alpha value is -2.15. The zero-order valence-electron chi connectivity index (χ0n) is 10.2. The van der Waals surface area contributed by atoms with Crippen LogP contribution in [0.1, 0.15) is 6.92 Å². The van der Waals surface area contributed by atoms with Crippen LogP contribution in [0.4, 0.5) is 4.39 Å². The number of rotatable bonds is 6. The molecule has 1 aromatic carbocycles. The molecule has 0 spiro atoms. The fourth-order valence-corrected chi connectivity index (χ4v) is 1.31. The van der Waals surface area contributed by atoms with E-state index in [1.165, 1.54) is 31.2 Å². The van der Waals surface area contributed by atoms with Crippen molar-refractivity contribution in [1.82, 2.24) is 5.32 Å². The van der Waals surface area contributed by atoms with E-state index in [4.69, 9.17) is 14.9 Å². The largest absolute Gasteiger partial charge is 0.481 e. The van der Waals surface area contributed by atoms with Crippen molar-refractivity contribution in [2.24, 2.45) is 0 Å².